The van der Waals surface area contributed by atoms with Gasteiger partial charge in [0, 0.05) is 19.2 Å². The van der Waals surface area contributed by atoms with Crippen LogP contribution in [-0.2, 0) is 9.53 Å². The number of thioether (sulfide) groups is 1. The summed E-state index contributed by atoms with van der Waals surface area (Å²) in [5, 5.41) is 0.811. The molecule has 0 aromatic carbocycles. The molecule has 0 bridgehead atoms. The maximum atomic E-state index is 11.2. The number of esters is 1. The molecule has 0 saturated carbocycles. The highest BCUT2D eigenvalue weighted by Crippen LogP contribution is 2.26. The highest BCUT2D eigenvalue weighted by Gasteiger charge is 2.23. The minimum Gasteiger partial charge on any atom is -0.468 e. The van der Waals surface area contributed by atoms with Gasteiger partial charge in [0.05, 0.1) is 12.9 Å². The number of hydrogen-bond donors (Lipinski definition) is 0. The van der Waals surface area contributed by atoms with Gasteiger partial charge in [-0.2, -0.15) is 0 Å². The molecular formula is C14H21N3O2S. The quantitative estimate of drug-likeness (QED) is 0.482. The molecule has 0 spiro atoms. The van der Waals surface area contributed by atoms with Gasteiger partial charge in [-0.1, -0.05) is 25.6 Å². The average molecular weight is 295 g/mol. The average Bonchev–Trinajstić information content (AvgIpc) is 2.44. The second kappa shape index (κ2) is 6.92. The van der Waals surface area contributed by atoms with E-state index < -0.39 is 0 Å². The van der Waals surface area contributed by atoms with Crippen LogP contribution in [0.3, 0.4) is 0 Å². The molecule has 1 aliphatic rings. The Balaban J connectivity index is 2.03. The molecule has 1 aliphatic heterocycles. The van der Waals surface area contributed by atoms with Gasteiger partial charge in [0.15, 0.2) is 0 Å². The molecule has 6 heteroatoms. The Morgan fingerprint density at radius 2 is 2.10 bits per heavy atom. The molecule has 1 fully saturated rings. The predicted molar refractivity (Wildman–Crippen MR) is 79.9 cm³/mol. The lowest BCUT2D eigenvalue weighted by molar-refractivity contribution is -0.137. The molecule has 0 amide bonds. The number of ether oxygens (including phenoxy) is 1. The van der Waals surface area contributed by atoms with E-state index in [2.05, 4.69) is 33.5 Å². The number of piperidine rings is 1. The molecule has 20 heavy (non-hydrogen) atoms. The molecule has 2 rings (SSSR count). The third-order valence-corrected chi connectivity index (χ3v) is 4.29. The van der Waals surface area contributed by atoms with Crippen molar-refractivity contribution in [2.45, 2.75) is 25.3 Å². The summed E-state index contributed by atoms with van der Waals surface area (Å²) in [5.41, 5.74) is 0. The van der Waals surface area contributed by atoms with Gasteiger partial charge in [0.1, 0.15) is 17.2 Å². The lowest BCUT2D eigenvalue weighted by atomic mass is 9.92. The van der Waals surface area contributed by atoms with Crippen molar-refractivity contribution >= 4 is 23.5 Å². The van der Waals surface area contributed by atoms with Crippen molar-refractivity contribution in [1.82, 2.24) is 9.97 Å². The van der Waals surface area contributed by atoms with Crippen LogP contribution in [0.15, 0.2) is 17.4 Å². The van der Waals surface area contributed by atoms with Crippen LogP contribution in [0.2, 0.25) is 0 Å². The van der Waals surface area contributed by atoms with E-state index in [9.17, 15) is 4.79 Å². The van der Waals surface area contributed by atoms with Gasteiger partial charge in [-0.3, -0.25) is 4.79 Å². The standard InChI is InChI=1S/C14H21N3O2S/c1-10-4-11(2)7-17(6-10)12-5-13(16-9-15-12)20-8-14(18)19-3/h5,9-11H,4,6-8H2,1-3H3. The van der Waals surface area contributed by atoms with E-state index in [1.807, 2.05) is 6.07 Å². The van der Waals surface area contributed by atoms with Gasteiger partial charge < -0.3 is 9.64 Å². The monoisotopic (exact) mass is 295 g/mol. The van der Waals surface area contributed by atoms with Crippen molar-refractivity contribution < 1.29 is 9.53 Å². The first-order valence-electron chi connectivity index (χ1n) is 6.85. The van der Waals surface area contributed by atoms with Crippen molar-refractivity contribution in [3.8, 4) is 0 Å². The molecule has 0 radical (unpaired) electrons. The van der Waals surface area contributed by atoms with Crippen LogP contribution in [0.25, 0.3) is 0 Å². The summed E-state index contributed by atoms with van der Waals surface area (Å²) >= 11 is 1.38. The fourth-order valence-corrected chi connectivity index (χ4v) is 3.32. The van der Waals surface area contributed by atoms with Gasteiger partial charge in [0.2, 0.25) is 0 Å². The number of carbonyl (C=O) groups is 1. The van der Waals surface area contributed by atoms with E-state index in [1.165, 1.54) is 25.3 Å². The Morgan fingerprint density at radius 3 is 2.75 bits per heavy atom. The first-order valence-corrected chi connectivity index (χ1v) is 7.83. The Hall–Kier alpha value is -1.30. The molecule has 110 valence electrons. The van der Waals surface area contributed by atoms with Crippen LogP contribution >= 0.6 is 11.8 Å². The maximum Gasteiger partial charge on any atom is 0.316 e. The summed E-state index contributed by atoms with van der Waals surface area (Å²) in [6, 6.07) is 1.96. The second-order valence-corrected chi connectivity index (χ2v) is 6.43. The Kier molecular flexibility index (Phi) is 5.23. The summed E-state index contributed by atoms with van der Waals surface area (Å²) < 4.78 is 4.63. The van der Waals surface area contributed by atoms with Gasteiger partial charge in [-0.05, 0) is 18.3 Å². The predicted octanol–water partition coefficient (Wildman–Crippen LogP) is 2.22. The largest absolute Gasteiger partial charge is 0.468 e. The van der Waals surface area contributed by atoms with E-state index in [4.69, 9.17) is 0 Å². The van der Waals surface area contributed by atoms with Crippen LogP contribution in [0.5, 0.6) is 0 Å². The molecule has 1 aromatic rings. The maximum absolute atomic E-state index is 11.2. The van der Waals surface area contributed by atoms with Gasteiger partial charge in [0.25, 0.3) is 0 Å². The normalized spacial score (nSPS) is 22.6. The number of rotatable bonds is 4. The van der Waals surface area contributed by atoms with Crippen LogP contribution < -0.4 is 4.90 Å². The SMILES string of the molecule is COC(=O)CSc1cc(N2CC(C)CC(C)C2)ncn1. The molecular weight excluding hydrogens is 274 g/mol. The zero-order chi connectivity index (χ0) is 14.5. The topological polar surface area (TPSA) is 55.3 Å². The third kappa shape index (κ3) is 4.10. The van der Waals surface area contributed by atoms with Crippen LogP contribution in [-0.4, -0.2) is 41.9 Å². The van der Waals surface area contributed by atoms with E-state index in [-0.39, 0.29) is 11.7 Å². The summed E-state index contributed by atoms with van der Waals surface area (Å²) in [6.07, 6.45) is 2.84. The summed E-state index contributed by atoms with van der Waals surface area (Å²) in [4.78, 5) is 22.0. The highest BCUT2D eigenvalue weighted by atomic mass is 32.2. The third-order valence-electron chi connectivity index (χ3n) is 3.39. The van der Waals surface area contributed by atoms with E-state index >= 15 is 0 Å². The molecule has 2 atom stereocenters. The molecule has 1 aromatic heterocycles. The summed E-state index contributed by atoms with van der Waals surface area (Å²) in [6.45, 7) is 6.61. The Morgan fingerprint density at radius 1 is 1.40 bits per heavy atom. The number of anilines is 1. The fraction of sp³-hybridized carbons (Fsp3) is 0.643. The number of methoxy groups -OCH3 is 1. The van der Waals surface area contributed by atoms with Crippen molar-refractivity contribution in [1.29, 1.82) is 0 Å². The lowest BCUT2D eigenvalue weighted by Crippen LogP contribution is -2.39. The lowest BCUT2D eigenvalue weighted by Gasteiger charge is -2.35. The molecule has 0 aliphatic carbocycles. The van der Waals surface area contributed by atoms with E-state index in [1.54, 1.807) is 6.33 Å². The first kappa shape index (κ1) is 15.1. The Bertz CT molecular complexity index is 459. The van der Waals surface area contributed by atoms with Crippen LogP contribution in [0, 0.1) is 11.8 Å². The summed E-state index contributed by atoms with van der Waals surface area (Å²) in [7, 11) is 1.39. The van der Waals surface area contributed by atoms with Crippen LogP contribution in [0.4, 0.5) is 5.82 Å². The minimum absolute atomic E-state index is 0.240. The van der Waals surface area contributed by atoms with E-state index in [0.717, 1.165) is 23.9 Å². The van der Waals surface area contributed by atoms with Gasteiger partial charge >= 0.3 is 5.97 Å². The van der Waals surface area contributed by atoms with Crippen molar-refractivity contribution in [2.24, 2.45) is 11.8 Å². The number of carbonyl (C=O) groups excluding carboxylic acids is 1. The number of hydrogen-bond acceptors (Lipinski definition) is 6. The zero-order valence-electron chi connectivity index (χ0n) is 12.2. The van der Waals surface area contributed by atoms with Crippen LogP contribution in [0.1, 0.15) is 20.3 Å². The van der Waals surface area contributed by atoms with Crippen molar-refractivity contribution in [3.05, 3.63) is 12.4 Å². The number of aromatic nitrogens is 2. The fourth-order valence-electron chi connectivity index (χ4n) is 2.62. The van der Waals surface area contributed by atoms with Gasteiger partial charge in [-0.15, -0.1) is 0 Å². The molecule has 2 unspecified atom stereocenters. The van der Waals surface area contributed by atoms with Crippen molar-refractivity contribution in [2.75, 3.05) is 30.9 Å². The van der Waals surface area contributed by atoms with Crippen molar-refractivity contribution in [3.63, 3.8) is 0 Å². The smallest absolute Gasteiger partial charge is 0.316 e. The molecule has 0 N–H and O–H groups in total. The number of nitrogens with zero attached hydrogens (tertiary/aromatic N) is 3. The minimum atomic E-state index is -0.240. The first-order chi connectivity index (χ1) is 9.58. The molecule has 5 nitrogen and oxygen atoms in total. The molecule has 2 heterocycles. The molecule has 1 saturated heterocycles. The zero-order valence-corrected chi connectivity index (χ0v) is 13.0. The highest BCUT2D eigenvalue weighted by molar-refractivity contribution is 7.99. The summed E-state index contributed by atoms with van der Waals surface area (Å²) in [5.74, 6) is 2.35. The van der Waals surface area contributed by atoms with Gasteiger partial charge in [-0.25, -0.2) is 9.97 Å². The van der Waals surface area contributed by atoms with E-state index in [0.29, 0.717) is 11.8 Å². The Labute approximate surface area is 124 Å². The second-order valence-electron chi connectivity index (χ2n) is 5.43.